The highest BCUT2D eigenvalue weighted by molar-refractivity contribution is 5.81. The summed E-state index contributed by atoms with van der Waals surface area (Å²) in [7, 11) is 0. The lowest BCUT2D eigenvalue weighted by atomic mass is 10.00. The zero-order chi connectivity index (χ0) is 9.73. The molecule has 0 bridgehead atoms. The van der Waals surface area contributed by atoms with Gasteiger partial charge in [-0.3, -0.25) is 4.79 Å². The summed E-state index contributed by atoms with van der Waals surface area (Å²) in [5, 5.41) is 3.58. The van der Waals surface area contributed by atoms with E-state index in [2.05, 4.69) is 10.0 Å². The lowest BCUT2D eigenvalue weighted by Crippen LogP contribution is -2.34. The van der Waals surface area contributed by atoms with E-state index in [-0.39, 0.29) is 5.97 Å². The summed E-state index contributed by atoms with van der Waals surface area (Å²) in [6, 6.07) is 0. The first kappa shape index (κ1) is 9.86. The Bertz CT molecular complexity index is 240. The Labute approximate surface area is 76.7 Å². The summed E-state index contributed by atoms with van der Waals surface area (Å²) < 4.78 is 4.88. The molecule has 1 saturated carbocycles. The van der Waals surface area contributed by atoms with E-state index in [1.54, 1.807) is 6.92 Å². The standard InChI is InChI=1S/C8H13N3O2/c1-2-13-7(12)8(10-11-9)5-3-4-6-8/h2-6H2,1H3. The molecule has 0 N–H and O–H groups in total. The fourth-order valence-corrected chi connectivity index (χ4v) is 1.66. The van der Waals surface area contributed by atoms with Crippen molar-refractivity contribution in [1.82, 2.24) is 0 Å². The number of nitrogens with zero attached hydrogens (tertiary/aromatic N) is 3. The van der Waals surface area contributed by atoms with Crippen molar-refractivity contribution in [3.8, 4) is 0 Å². The largest absolute Gasteiger partial charge is 0.465 e. The van der Waals surface area contributed by atoms with Crippen LogP contribution in [0.5, 0.6) is 0 Å². The molecular weight excluding hydrogens is 170 g/mol. The van der Waals surface area contributed by atoms with Crippen LogP contribution >= 0.6 is 0 Å². The van der Waals surface area contributed by atoms with Gasteiger partial charge in [-0.05, 0) is 25.3 Å². The second-order valence-corrected chi connectivity index (χ2v) is 3.15. The van der Waals surface area contributed by atoms with Crippen molar-refractivity contribution in [3.63, 3.8) is 0 Å². The third-order valence-electron chi connectivity index (χ3n) is 2.32. The minimum Gasteiger partial charge on any atom is -0.465 e. The molecule has 1 aliphatic carbocycles. The van der Waals surface area contributed by atoms with Gasteiger partial charge in [0.1, 0.15) is 5.54 Å². The Hall–Kier alpha value is -1.22. The van der Waals surface area contributed by atoms with Gasteiger partial charge in [-0.1, -0.05) is 18.0 Å². The first-order valence-electron chi connectivity index (χ1n) is 4.48. The molecule has 0 aromatic carbocycles. The van der Waals surface area contributed by atoms with Gasteiger partial charge in [0.25, 0.3) is 0 Å². The summed E-state index contributed by atoms with van der Waals surface area (Å²) >= 11 is 0. The monoisotopic (exact) mass is 183 g/mol. The van der Waals surface area contributed by atoms with Gasteiger partial charge in [0.2, 0.25) is 0 Å². The lowest BCUT2D eigenvalue weighted by molar-refractivity contribution is -0.149. The molecule has 0 amide bonds. The van der Waals surface area contributed by atoms with Crippen molar-refractivity contribution < 1.29 is 9.53 Å². The molecule has 72 valence electrons. The van der Waals surface area contributed by atoms with Crippen molar-refractivity contribution >= 4 is 5.97 Å². The van der Waals surface area contributed by atoms with E-state index >= 15 is 0 Å². The Morgan fingerprint density at radius 1 is 1.62 bits per heavy atom. The third kappa shape index (κ3) is 1.92. The Morgan fingerprint density at radius 3 is 2.69 bits per heavy atom. The van der Waals surface area contributed by atoms with Gasteiger partial charge in [-0.25, -0.2) is 0 Å². The smallest absolute Gasteiger partial charge is 0.318 e. The highest BCUT2D eigenvalue weighted by Gasteiger charge is 2.41. The van der Waals surface area contributed by atoms with Crippen LogP contribution in [0.3, 0.4) is 0 Å². The maximum atomic E-state index is 11.5. The zero-order valence-electron chi connectivity index (χ0n) is 7.69. The molecule has 5 heteroatoms. The molecule has 0 aromatic rings. The van der Waals surface area contributed by atoms with Gasteiger partial charge >= 0.3 is 5.97 Å². The van der Waals surface area contributed by atoms with E-state index in [1.807, 2.05) is 0 Å². The highest BCUT2D eigenvalue weighted by Crippen LogP contribution is 2.34. The molecule has 0 aromatic heterocycles. The van der Waals surface area contributed by atoms with E-state index in [9.17, 15) is 4.79 Å². The summed E-state index contributed by atoms with van der Waals surface area (Å²) in [4.78, 5) is 14.2. The minimum atomic E-state index is -0.898. The number of esters is 1. The summed E-state index contributed by atoms with van der Waals surface area (Å²) in [6.45, 7) is 2.08. The number of hydrogen-bond acceptors (Lipinski definition) is 3. The van der Waals surface area contributed by atoms with Gasteiger partial charge in [0.05, 0.1) is 6.61 Å². The van der Waals surface area contributed by atoms with Crippen molar-refractivity contribution in [1.29, 1.82) is 0 Å². The first-order valence-corrected chi connectivity index (χ1v) is 4.48. The summed E-state index contributed by atoms with van der Waals surface area (Å²) in [5.41, 5.74) is 7.46. The van der Waals surface area contributed by atoms with Crippen LogP contribution in [0.4, 0.5) is 0 Å². The predicted octanol–water partition coefficient (Wildman–Crippen LogP) is 2.17. The maximum Gasteiger partial charge on any atom is 0.318 e. The summed E-state index contributed by atoms with van der Waals surface area (Å²) in [6.07, 6.45) is 3.10. The zero-order valence-corrected chi connectivity index (χ0v) is 7.69. The van der Waals surface area contributed by atoms with Crippen molar-refractivity contribution in [2.24, 2.45) is 5.11 Å². The SMILES string of the molecule is CCOC(=O)C1(N=[N+]=[N-])CCCC1. The lowest BCUT2D eigenvalue weighted by Gasteiger charge is -2.19. The van der Waals surface area contributed by atoms with Crippen LogP contribution in [-0.4, -0.2) is 18.1 Å². The first-order chi connectivity index (χ1) is 6.25. The highest BCUT2D eigenvalue weighted by atomic mass is 16.5. The molecule has 0 spiro atoms. The van der Waals surface area contributed by atoms with Gasteiger partial charge < -0.3 is 4.74 Å². The normalized spacial score (nSPS) is 19.2. The molecular formula is C8H13N3O2. The van der Waals surface area contributed by atoms with Crippen LogP contribution in [0.2, 0.25) is 0 Å². The summed E-state index contributed by atoms with van der Waals surface area (Å²) in [5.74, 6) is -0.370. The fourth-order valence-electron chi connectivity index (χ4n) is 1.66. The van der Waals surface area contributed by atoms with E-state index < -0.39 is 5.54 Å². The molecule has 5 nitrogen and oxygen atoms in total. The fraction of sp³-hybridized carbons (Fsp3) is 0.875. The second kappa shape index (κ2) is 4.14. The number of carbonyl (C=O) groups is 1. The van der Waals surface area contributed by atoms with E-state index in [0.717, 1.165) is 12.8 Å². The average molecular weight is 183 g/mol. The predicted molar refractivity (Wildman–Crippen MR) is 47.0 cm³/mol. The topological polar surface area (TPSA) is 75.1 Å². The van der Waals surface area contributed by atoms with Crippen LogP contribution < -0.4 is 0 Å². The molecule has 0 atom stereocenters. The third-order valence-corrected chi connectivity index (χ3v) is 2.32. The molecule has 0 unspecified atom stereocenters. The van der Waals surface area contributed by atoms with Gasteiger partial charge in [-0.2, -0.15) is 0 Å². The van der Waals surface area contributed by atoms with Crippen molar-refractivity contribution in [3.05, 3.63) is 10.4 Å². The van der Waals surface area contributed by atoms with E-state index in [1.165, 1.54) is 0 Å². The van der Waals surface area contributed by atoms with Crippen molar-refractivity contribution in [2.45, 2.75) is 38.1 Å². The number of hydrogen-bond donors (Lipinski definition) is 0. The van der Waals surface area contributed by atoms with Crippen LogP contribution in [0.25, 0.3) is 10.4 Å². The quantitative estimate of drug-likeness (QED) is 0.291. The Morgan fingerprint density at radius 2 is 2.23 bits per heavy atom. The van der Waals surface area contributed by atoms with Gasteiger partial charge in [-0.15, -0.1) is 0 Å². The Kier molecular flexibility index (Phi) is 3.14. The average Bonchev–Trinajstić information content (AvgIpc) is 2.55. The number of azide groups is 1. The number of rotatable bonds is 3. The molecule has 1 aliphatic rings. The molecule has 0 saturated heterocycles. The van der Waals surface area contributed by atoms with Crippen LogP contribution in [0, 0.1) is 0 Å². The number of carbonyl (C=O) groups excluding carboxylic acids is 1. The van der Waals surface area contributed by atoms with Crippen LogP contribution in [0.15, 0.2) is 5.11 Å². The second-order valence-electron chi connectivity index (χ2n) is 3.15. The molecule has 0 radical (unpaired) electrons. The van der Waals surface area contributed by atoms with Crippen molar-refractivity contribution in [2.75, 3.05) is 6.61 Å². The van der Waals surface area contributed by atoms with Crippen LogP contribution in [-0.2, 0) is 9.53 Å². The van der Waals surface area contributed by atoms with Crippen LogP contribution in [0.1, 0.15) is 32.6 Å². The van der Waals surface area contributed by atoms with Gasteiger partial charge in [0, 0.05) is 4.91 Å². The minimum absolute atomic E-state index is 0.335. The molecule has 1 fully saturated rings. The molecule has 1 rings (SSSR count). The number of ether oxygens (including phenoxy) is 1. The molecule has 13 heavy (non-hydrogen) atoms. The van der Waals surface area contributed by atoms with E-state index in [0.29, 0.717) is 19.4 Å². The maximum absolute atomic E-state index is 11.5. The molecule has 0 heterocycles. The Balaban J connectivity index is 2.77. The van der Waals surface area contributed by atoms with E-state index in [4.69, 9.17) is 10.3 Å². The van der Waals surface area contributed by atoms with Gasteiger partial charge in [0.15, 0.2) is 0 Å². The molecule has 0 aliphatic heterocycles.